The predicted molar refractivity (Wildman–Crippen MR) is 67.7 cm³/mol. The van der Waals surface area contributed by atoms with Crippen molar-refractivity contribution in [2.24, 2.45) is 0 Å². The number of nitro groups is 1. The molecule has 102 valence electrons. The van der Waals surface area contributed by atoms with Gasteiger partial charge in [0.1, 0.15) is 0 Å². The number of sulfonamides is 1. The number of hydrogen-bond acceptors (Lipinski definition) is 5. The number of benzene rings is 1. The number of rotatable bonds is 5. The molecular weight excluding hydrogens is 270 g/mol. The van der Waals surface area contributed by atoms with E-state index in [0.717, 1.165) is 10.4 Å². The zero-order valence-electron chi connectivity index (χ0n) is 10.5. The van der Waals surface area contributed by atoms with E-state index in [4.69, 9.17) is 5.26 Å². The molecule has 0 heterocycles. The molecule has 0 fully saturated rings. The van der Waals surface area contributed by atoms with Crippen LogP contribution in [-0.4, -0.2) is 30.7 Å². The first-order chi connectivity index (χ1) is 8.80. The van der Waals surface area contributed by atoms with Crippen molar-refractivity contribution >= 4 is 15.7 Å². The first-order valence-electron chi connectivity index (χ1n) is 5.40. The smallest absolute Gasteiger partial charge is 0.258 e. The lowest BCUT2D eigenvalue weighted by Gasteiger charge is -2.22. The van der Waals surface area contributed by atoms with Crippen LogP contribution in [0.25, 0.3) is 0 Å². The summed E-state index contributed by atoms with van der Waals surface area (Å²) in [7, 11) is -2.50. The average Bonchev–Trinajstić information content (AvgIpc) is 2.38. The van der Waals surface area contributed by atoms with Gasteiger partial charge in [0.25, 0.3) is 5.69 Å². The maximum Gasteiger partial charge on any atom is 0.270 e. The summed E-state index contributed by atoms with van der Waals surface area (Å²) in [5.74, 6) is 0. The van der Waals surface area contributed by atoms with Gasteiger partial charge in [0.15, 0.2) is 0 Å². The molecule has 0 aliphatic carbocycles. The molecule has 0 N–H and O–H groups in total. The van der Waals surface area contributed by atoms with Crippen molar-refractivity contribution in [3.05, 3.63) is 34.4 Å². The fraction of sp³-hybridized carbons (Fsp3) is 0.364. The van der Waals surface area contributed by atoms with Gasteiger partial charge >= 0.3 is 0 Å². The molecule has 1 aromatic carbocycles. The molecule has 8 heteroatoms. The second kappa shape index (κ2) is 5.77. The van der Waals surface area contributed by atoms with E-state index >= 15 is 0 Å². The number of nitro benzene ring substituents is 1. The Hall–Kier alpha value is -1.98. The fourth-order valence-corrected chi connectivity index (χ4v) is 2.82. The summed E-state index contributed by atoms with van der Waals surface area (Å²) in [5, 5.41) is 19.2. The van der Waals surface area contributed by atoms with Crippen LogP contribution in [0.5, 0.6) is 0 Å². The van der Waals surface area contributed by atoms with Crippen LogP contribution < -0.4 is 0 Å². The standard InChI is InChI=1S/C11H13N3O4S/c1-9(6-7-12)13(2)19(17,18)11-5-3-4-10(8-11)14(15)16/h3-5,8-9H,6H2,1-2H3. The third-order valence-electron chi connectivity index (χ3n) is 2.71. The van der Waals surface area contributed by atoms with E-state index in [1.54, 1.807) is 6.92 Å². The monoisotopic (exact) mass is 283 g/mol. The van der Waals surface area contributed by atoms with Crippen LogP contribution in [-0.2, 0) is 10.0 Å². The third kappa shape index (κ3) is 3.27. The highest BCUT2D eigenvalue weighted by Gasteiger charge is 2.26. The minimum atomic E-state index is -3.84. The number of nitrogens with zero attached hydrogens (tertiary/aromatic N) is 3. The highest BCUT2D eigenvalue weighted by molar-refractivity contribution is 7.89. The van der Waals surface area contributed by atoms with E-state index in [1.807, 2.05) is 6.07 Å². The normalized spacial score (nSPS) is 12.9. The number of nitriles is 1. The molecule has 0 bridgehead atoms. The van der Waals surface area contributed by atoms with E-state index in [-0.39, 0.29) is 17.0 Å². The molecule has 0 aromatic heterocycles. The molecule has 0 spiro atoms. The zero-order valence-corrected chi connectivity index (χ0v) is 11.3. The van der Waals surface area contributed by atoms with Crippen LogP contribution in [0.15, 0.2) is 29.2 Å². The molecule has 0 aliphatic heterocycles. The number of non-ortho nitro benzene ring substituents is 1. The zero-order chi connectivity index (χ0) is 14.6. The molecule has 19 heavy (non-hydrogen) atoms. The van der Waals surface area contributed by atoms with Gasteiger partial charge in [-0.1, -0.05) is 6.07 Å². The summed E-state index contributed by atoms with van der Waals surface area (Å²) >= 11 is 0. The summed E-state index contributed by atoms with van der Waals surface area (Å²) in [6.07, 6.45) is 0.0463. The molecule has 1 unspecified atom stereocenters. The SMILES string of the molecule is CC(CC#N)N(C)S(=O)(=O)c1cccc([N+](=O)[O-])c1. The summed E-state index contributed by atoms with van der Waals surface area (Å²) < 4.78 is 25.5. The predicted octanol–water partition coefficient (Wildman–Crippen LogP) is 1.52. The van der Waals surface area contributed by atoms with E-state index in [9.17, 15) is 18.5 Å². The minimum absolute atomic E-state index is 0.0463. The Bertz CT molecular complexity index is 621. The van der Waals surface area contributed by atoms with Crippen molar-refractivity contribution in [1.82, 2.24) is 4.31 Å². The third-order valence-corrected chi connectivity index (χ3v) is 4.68. The second-order valence-corrected chi connectivity index (χ2v) is 5.98. The van der Waals surface area contributed by atoms with Gasteiger partial charge in [0.05, 0.1) is 22.3 Å². The van der Waals surface area contributed by atoms with Crippen LogP contribution >= 0.6 is 0 Å². The van der Waals surface area contributed by atoms with Crippen molar-refractivity contribution in [2.75, 3.05) is 7.05 Å². The van der Waals surface area contributed by atoms with Gasteiger partial charge < -0.3 is 0 Å². The lowest BCUT2D eigenvalue weighted by Crippen LogP contribution is -2.34. The van der Waals surface area contributed by atoms with Crippen molar-refractivity contribution in [3.8, 4) is 6.07 Å². The first-order valence-corrected chi connectivity index (χ1v) is 6.84. The minimum Gasteiger partial charge on any atom is -0.258 e. The largest absolute Gasteiger partial charge is 0.270 e. The lowest BCUT2D eigenvalue weighted by atomic mass is 10.3. The molecule has 7 nitrogen and oxygen atoms in total. The van der Waals surface area contributed by atoms with Crippen LogP contribution in [0.3, 0.4) is 0 Å². The van der Waals surface area contributed by atoms with Gasteiger partial charge in [0, 0.05) is 25.2 Å². The molecule has 0 saturated carbocycles. The Morgan fingerprint density at radius 3 is 2.68 bits per heavy atom. The van der Waals surface area contributed by atoms with Gasteiger partial charge in [-0.25, -0.2) is 8.42 Å². The Kier molecular flexibility index (Phi) is 4.58. The first kappa shape index (κ1) is 15.1. The van der Waals surface area contributed by atoms with Gasteiger partial charge in [0.2, 0.25) is 10.0 Å². The lowest BCUT2D eigenvalue weighted by molar-refractivity contribution is -0.385. The van der Waals surface area contributed by atoms with E-state index in [0.29, 0.717) is 0 Å². The molecule has 1 atom stereocenters. The van der Waals surface area contributed by atoms with Gasteiger partial charge in [-0.15, -0.1) is 0 Å². The maximum atomic E-state index is 12.2. The second-order valence-electron chi connectivity index (χ2n) is 3.99. The van der Waals surface area contributed by atoms with Crippen LogP contribution in [0.2, 0.25) is 0 Å². The van der Waals surface area contributed by atoms with E-state index in [1.165, 1.54) is 25.2 Å². The molecule has 0 radical (unpaired) electrons. The van der Waals surface area contributed by atoms with E-state index < -0.39 is 21.0 Å². The topological polar surface area (TPSA) is 104 Å². The molecule has 0 amide bonds. The van der Waals surface area contributed by atoms with Crippen LogP contribution in [0.4, 0.5) is 5.69 Å². The van der Waals surface area contributed by atoms with Crippen LogP contribution in [0.1, 0.15) is 13.3 Å². The quantitative estimate of drug-likeness (QED) is 0.601. The molecule has 0 aliphatic rings. The maximum absolute atomic E-state index is 12.2. The van der Waals surface area contributed by atoms with Crippen molar-refractivity contribution in [2.45, 2.75) is 24.3 Å². The summed E-state index contributed by atoms with van der Waals surface area (Å²) in [5.41, 5.74) is -0.289. The summed E-state index contributed by atoms with van der Waals surface area (Å²) in [6, 6.07) is 6.21. The van der Waals surface area contributed by atoms with Crippen molar-refractivity contribution in [3.63, 3.8) is 0 Å². The molecule has 0 saturated heterocycles. The molecular formula is C11H13N3O4S. The fourth-order valence-electron chi connectivity index (χ4n) is 1.42. The molecule has 1 aromatic rings. The van der Waals surface area contributed by atoms with Crippen LogP contribution in [0, 0.1) is 21.4 Å². The number of hydrogen-bond donors (Lipinski definition) is 0. The highest BCUT2D eigenvalue weighted by Crippen LogP contribution is 2.21. The molecule has 1 rings (SSSR count). The van der Waals surface area contributed by atoms with Gasteiger partial charge in [-0.3, -0.25) is 10.1 Å². The Morgan fingerprint density at radius 1 is 1.53 bits per heavy atom. The van der Waals surface area contributed by atoms with Gasteiger partial charge in [-0.05, 0) is 13.0 Å². The Morgan fingerprint density at radius 2 is 2.16 bits per heavy atom. The summed E-state index contributed by atoms with van der Waals surface area (Å²) in [4.78, 5) is 9.83. The Labute approximate surface area is 111 Å². The Balaban J connectivity index is 3.17. The van der Waals surface area contributed by atoms with Crippen molar-refractivity contribution < 1.29 is 13.3 Å². The van der Waals surface area contributed by atoms with E-state index in [2.05, 4.69) is 0 Å². The summed E-state index contributed by atoms with van der Waals surface area (Å²) in [6.45, 7) is 1.60. The highest BCUT2D eigenvalue weighted by atomic mass is 32.2. The van der Waals surface area contributed by atoms with Crippen molar-refractivity contribution in [1.29, 1.82) is 5.26 Å². The van der Waals surface area contributed by atoms with Gasteiger partial charge in [-0.2, -0.15) is 9.57 Å². The average molecular weight is 283 g/mol.